The predicted octanol–water partition coefficient (Wildman–Crippen LogP) is 5.70. The number of hydrogen-bond acceptors (Lipinski definition) is 3. The molecule has 1 saturated carbocycles. The number of phenolic OH excluding ortho intramolecular Hbond substituents is 1. The molecule has 1 heterocycles. The van der Waals surface area contributed by atoms with E-state index in [2.05, 4.69) is 0 Å². The number of aromatic hydroxyl groups is 1. The van der Waals surface area contributed by atoms with Gasteiger partial charge < -0.3 is 19.9 Å². The number of aliphatic hydroxyl groups excluding tert-OH is 1. The summed E-state index contributed by atoms with van der Waals surface area (Å²) in [6.07, 6.45) is 0.339. The summed E-state index contributed by atoms with van der Waals surface area (Å²) in [6.45, 7) is 3.60. The van der Waals surface area contributed by atoms with Gasteiger partial charge in [-0.25, -0.2) is 13.6 Å². The van der Waals surface area contributed by atoms with E-state index in [0.717, 1.165) is 6.07 Å². The molecule has 0 spiro atoms. The second-order valence-corrected chi connectivity index (χ2v) is 9.32. The topological polar surface area (TPSA) is 82.7 Å². The lowest BCUT2D eigenvalue weighted by Gasteiger charge is -2.44. The molecule has 0 atom stereocenters. The summed E-state index contributed by atoms with van der Waals surface area (Å²) in [4.78, 5) is 11.7. The predicted molar refractivity (Wildman–Crippen MR) is 125 cm³/mol. The number of halogens is 2. The van der Waals surface area contributed by atoms with Gasteiger partial charge in [0.1, 0.15) is 17.4 Å². The van der Waals surface area contributed by atoms with Crippen molar-refractivity contribution in [2.75, 3.05) is 0 Å². The summed E-state index contributed by atoms with van der Waals surface area (Å²) in [5.74, 6) is -2.40. The minimum atomic E-state index is -1.10. The molecule has 5 nitrogen and oxygen atoms in total. The molecule has 3 aromatic carbocycles. The molecule has 4 aromatic rings. The number of carbonyl (C=O) groups is 1. The molecule has 3 N–H and O–H groups in total. The third kappa shape index (κ3) is 3.35. The monoisotopic (exact) mass is 463 g/mol. The van der Waals surface area contributed by atoms with Crippen LogP contribution in [0.25, 0.3) is 27.7 Å². The zero-order valence-electron chi connectivity index (χ0n) is 18.6. The first-order valence-electron chi connectivity index (χ1n) is 10.9. The van der Waals surface area contributed by atoms with Gasteiger partial charge in [-0.15, -0.1) is 0 Å². The Morgan fingerprint density at radius 3 is 2.47 bits per heavy atom. The molecule has 0 amide bonds. The Balaban J connectivity index is 1.96. The van der Waals surface area contributed by atoms with Crippen LogP contribution in [0.2, 0.25) is 0 Å². The zero-order chi connectivity index (χ0) is 24.4. The Hall–Kier alpha value is -3.71. The number of carboxylic acids is 1. The molecule has 0 unspecified atom stereocenters. The molecule has 0 bridgehead atoms. The molecule has 0 aliphatic heterocycles. The number of rotatable bonds is 4. The summed E-state index contributed by atoms with van der Waals surface area (Å²) in [5.41, 5.74) is 2.67. The molecule has 1 aromatic heterocycles. The van der Waals surface area contributed by atoms with Crippen LogP contribution in [0.3, 0.4) is 0 Å². The van der Waals surface area contributed by atoms with Gasteiger partial charge in [0.05, 0.1) is 22.6 Å². The lowest BCUT2D eigenvalue weighted by atomic mass is 9.64. The molecule has 5 rings (SSSR count). The van der Waals surface area contributed by atoms with Crippen LogP contribution >= 0.6 is 0 Å². The van der Waals surface area contributed by atoms with Crippen LogP contribution in [-0.4, -0.2) is 32.0 Å². The standard InChI is InChI=1S/C27H23F2NO4/c1-14-8-18(6-7-20(14)29)30-21-10-17(28)11-22(32)24(21)23(25(30)27(2)12-19(31)13-27)15-4-3-5-16(9-15)26(33)34/h3-11,19,31-32H,12-13H2,1-2H3,(H,33,34). The van der Waals surface area contributed by atoms with Crippen molar-refractivity contribution in [1.29, 1.82) is 0 Å². The van der Waals surface area contributed by atoms with Crippen LogP contribution in [0.4, 0.5) is 8.78 Å². The molecular formula is C27H23F2NO4. The average Bonchev–Trinajstić information content (AvgIpc) is 3.10. The lowest BCUT2D eigenvalue weighted by molar-refractivity contribution is 0.0249. The molecule has 34 heavy (non-hydrogen) atoms. The van der Waals surface area contributed by atoms with Crippen LogP contribution in [0.1, 0.15) is 41.4 Å². The first kappa shape index (κ1) is 22.1. The number of aryl methyl sites for hydroxylation is 1. The van der Waals surface area contributed by atoms with E-state index in [4.69, 9.17) is 0 Å². The molecule has 1 aliphatic carbocycles. The number of aliphatic hydroxyl groups is 1. The number of fused-ring (bicyclic) bond motifs is 1. The molecule has 1 aliphatic rings. The van der Waals surface area contributed by atoms with E-state index in [-0.39, 0.29) is 17.1 Å². The van der Waals surface area contributed by atoms with Crippen LogP contribution < -0.4 is 0 Å². The summed E-state index contributed by atoms with van der Waals surface area (Å²) in [6, 6.07) is 13.2. The van der Waals surface area contributed by atoms with Crippen LogP contribution in [0, 0.1) is 18.6 Å². The van der Waals surface area contributed by atoms with Gasteiger partial charge in [0.2, 0.25) is 0 Å². The minimum Gasteiger partial charge on any atom is -0.507 e. The maximum Gasteiger partial charge on any atom is 0.335 e. The Labute approximate surface area is 194 Å². The van der Waals surface area contributed by atoms with E-state index in [9.17, 15) is 28.9 Å². The fraction of sp³-hybridized carbons (Fsp3) is 0.222. The van der Waals surface area contributed by atoms with Gasteiger partial charge in [-0.2, -0.15) is 0 Å². The first-order valence-corrected chi connectivity index (χ1v) is 10.9. The van der Waals surface area contributed by atoms with E-state index in [1.54, 1.807) is 35.8 Å². The number of carboxylic acid groups (broad SMARTS) is 1. The highest BCUT2D eigenvalue weighted by Crippen LogP contribution is 2.52. The number of aromatic carboxylic acids is 1. The van der Waals surface area contributed by atoms with Gasteiger partial charge in [0.15, 0.2) is 0 Å². The van der Waals surface area contributed by atoms with Crippen molar-refractivity contribution in [2.45, 2.75) is 38.2 Å². The summed E-state index contributed by atoms with van der Waals surface area (Å²) < 4.78 is 30.5. The highest BCUT2D eigenvalue weighted by Gasteiger charge is 2.45. The Morgan fingerprint density at radius 2 is 1.82 bits per heavy atom. The lowest BCUT2D eigenvalue weighted by Crippen LogP contribution is -2.43. The van der Waals surface area contributed by atoms with E-state index in [1.807, 2.05) is 6.92 Å². The summed E-state index contributed by atoms with van der Waals surface area (Å²) in [7, 11) is 0. The van der Waals surface area contributed by atoms with Gasteiger partial charge in [-0.05, 0) is 67.3 Å². The van der Waals surface area contributed by atoms with Gasteiger partial charge in [-0.1, -0.05) is 19.1 Å². The normalized spacial score (nSPS) is 19.9. The summed E-state index contributed by atoms with van der Waals surface area (Å²) in [5, 5.41) is 31.0. The van der Waals surface area contributed by atoms with Crippen molar-refractivity contribution < 1.29 is 28.9 Å². The second-order valence-electron chi connectivity index (χ2n) is 9.32. The number of benzene rings is 3. The van der Waals surface area contributed by atoms with Crippen LogP contribution in [0.5, 0.6) is 5.75 Å². The van der Waals surface area contributed by atoms with Crippen LogP contribution in [-0.2, 0) is 5.41 Å². The molecule has 0 radical (unpaired) electrons. The molecule has 0 saturated heterocycles. The van der Waals surface area contributed by atoms with Gasteiger partial charge >= 0.3 is 5.97 Å². The third-order valence-corrected chi connectivity index (χ3v) is 6.75. The van der Waals surface area contributed by atoms with E-state index < -0.39 is 23.3 Å². The smallest absolute Gasteiger partial charge is 0.335 e. The Kier molecular flexibility index (Phi) is 4.98. The SMILES string of the molecule is Cc1cc(-n2c(C3(C)CC(O)C3)c(-c3cccc(C(=O)O)c3)c3c(O)cc(F)cc32)ccc1F. The molecule has 7 heteroatoms. The second kappa shape index (κ2) is 7.67. The molecule has 174 valence electrons. The van der Waals surface area contributed by atoms with Gasteiger partial charge in [0.25, 0.3) is 0 Å². The highest BCUT2D eigenvalue weighted by atomic mass is 19.1. The minimum absolute atomic E-state index is 0.0716. The van der Waals surface area contributed by atoms with E-state index in [1.165, 1.54) is 24.3 Å². The Bertz CT molecular complexity index is 1470. The maximum atomic E-state index is 14.6. The van der Waals surface area contributed by atoms with Gasteiger partial charge in [-0.3, -0.25) is 0 Å². The van der Waals surface area contributed by atoms with Crippen molar-refractivity contribution in [3.05, 3.63) is 83.1 Å². The van der Waals surface area contributed by atoms with Crippen molar-refractivity contribution >= 4 is 16.9 Å². The third-order valence-electron chi connectivity index (χ3n) is 6.75. The number of hydrogen-bond donors (Lipinski definition) is 3. The van der Waals surface area contributed by atoms with E-state index in [0.29, 0.717) is 51.8 Å². The maximum absolute atomic E-state index is 14.6. The fourth-order valence-corrected chi connectivity index (χ4v) is 5.23. The summed E-state index contributed by atoms with van der Waals surface area (Å²) >= 11 is 0. The largest absolute Gasteiger partial charge is 0.507 e. The van der Waals surface area contributed by atoms with Crippen LogP contribution in [0.15, 0.2) is 54.6 Å². The number of phenols is 1. The van der Waals surface area contributed by atoms with Crippen molar-refractivity contribution in [3.63, 3.8) is 0 Å². The quantitative estimate of drug-likeness (QED) is 0.363. The zero-order valence-corrected chi connectivity index (χ0v) is 18.6. The average molecular weight is 463 g/mol. The van der Waals surface area contributed by atoms with Crippen molar-refractivity contribution in [2.24, 2.45) is 0 Å². The van der Waals surface area contributed by atoms with E-state index >= 15 is 0 Å². The van der Waals surface area contributed by atoms with Gasteiger partial charge in [0, 0.05) is 28.4 Å². The number of aromatic nitrogens is 1. The highest BCUT2D eigenvalue weighted by molar-refractivity contribution is 6.04. The van der Waals surface area contributed by atoms with Crippen molar-refractivity contribution in [1.82, 2.24) is 4.57 Å². The van der Waals surface area contributed by atoms with Crippen molar-refractivity contribution in [3.8, 4) is 22.6 Å². The Morgan fingerprint density at radius 1 is 1.09 bits per heavy atom. The fourth-order valence-electron chi connectivity index (χ4n) is 5.23. The number of nitrogens with zero attached hydrogens (tertiary/aromatic N) is 1. The molecular weight excluding hydrogens is 440 g/mol. The first-order chi connectivity index (χ1) is 16.1. The molecule has 1 fully saturated rings.